The van der Waals surface area contributed by atoms with Gasteiger partial charge in [-0.15, -0.1) is 0 Å². The summed E-state index contributed by atoms with van der Waals surface area (Å²) in [4.78, 5) is 42.3. The maximum Gasteiger partial charge on any atom is 0.329 e. The third-order valence-electron chi connectivity index (χ3n) is 4.84. The first kappa shape index (κ1) is 29.3. The number of methoxy groups -OCH3 is 3. The Morgan fingerprint density at radius 3 is 2.22 bits per heavy atom. The van der Waals surface area contributed by atoms with Crippen molar-refractivity contribution in [3.05, 3.63) is 40.0 Å². The summed E-state index contributed by atoms with van der Waals surface area (Å²) in [5.74, 6) is -0.474. The second-order valence-corrected chi connectivity index (χ2v) is 9.10. The number of pyridine rings is 1. The fraction of sp³-hybridized carbons (Fsp3) is 0.391. The Morgan fingerprint density at radius 2 is 1.69 bits per heavy atom. The van der Waals surface area contributed by atoms with E-state index < -0.39 is 29.9 Å². The minimum Gasteiger partial charge on any atom is -0.493 e. The van der Waals surface area contributed by atoms with Crippen LogP contribution >= 0.6 is 35.0 Å². The molecule has 0 spiro atoms. The van der Waals surface area contributed by atoms with Gasteiger partial charge in [0.05, 0.1) is 31.4 Å². The van der Waals surface area contributed by atoms with Crippen LogP contribution in [0.25, 0.3) is 0 Å². The van der Waals surface area contributed by atoms with Gasteiger partial charge in [0.15, 0.2) is 23.4 Å². The Bertz CT molecular complexity index is 1080. The lowest BCUT2D eigenvalue weighted by molar-refractivity contribution is -0.155. The number of anilines is 1. The monoisotopic (exact) mass is 559 g/mol. The molecule has 0 radical (unpaired) electrons. The highest BCUT2D eigenvalue weighted by atomic mass is 35.5. The van der Waals surface area contributed by atoms with E-state index in [4.69, 9.17) is 42.1 Å². The summed E-state index contributed by atoms with van der Waals surface area (Å²) in [6, 6.07) is 3.33. The van der Waals surface area contributed by atoms with Crippen molar-refractivity contribution in [3.63, 3.8) is 0 Å². The molecule has 0 aliphatic heterocycles. The van der Waals surface area contributed by atoms with Crippen molar-refractivity contribution in [2.24, 2.45) is 0 Å². The molecule has 36 heavy (non-hydrogen) atoms. The number of nitrogens with zero attached hydrogens (tertiary/aromatic N) is 1. The molecule has 0 aliphatic carbocycles. The lowest BCUT2D eigenvalue weighted by atomic mass is 10.1. The second kappa shape index (κ2) is 14.0. The number of halogens is 2. The first-order valence-corrected chi connectivity index (χ1v) is 12.7. The molecular formula is C23H27Cl2N3O7S. The number of amides is 2. The Labute approximate surface area is 223 Å². The molecule has 1 heterocycles. The number of carbonyl (C=O) groups excluding carboxylic acids is 3. The molecule has 1 aromatic heterocycles. The summed E-state index contributed by atoms with van der Waals surface area (Å²) in [6.45, 7) is 1.39. The normalized spacial score (nSPS) is 12.2. The van der Waals surface area contributed by atoms with Crippen LogP contribution in [0.3, 0.4) is 0 Å². The number of hydrogen-bond acceptors (Lipinski definition) is 9. The minimum atomic E-state index is -1.19. The molecule has 13 heteroatoms. The standard InChI is InChI=1S/C23H27Cl2N3O7S/c1-12(21(29)28-20-15(25)10-14(24)11-26-20)35-23(31)16(6-7-36-5)27-22(30)13-8-17(32-2)19(34-4)18(9-13)33-3/h8-12,16H,6-7H2,1-5H3,(H,27,30)(H,26,28,29). The lowest BCUT2D eigenvalue weighted by Crippen LogP contribution is -2.44. The summed E-state index contributed by atoms with van der Waals surface area (Å²) in [5, 5.41) is 5.57. The Morgan fingerprint density at radius 1 is 1.06 bits per heavy atom. The number of hydrogen-bond donors (Lipinski definition) is 2. The highest BCUT2D eigenvalue weighted by molar-refractivity contribution is 7.98. The van der Waals surface area contributed by atoms with Crippen LogP contribution < -0.4 is 24.8 Å². The summed E-state index contributed by atoms with van der Waals surface area (Å²) >= 11 is 13.3. The number of aromatic nitrogens is 1. The highest BCUT2D eigenvalue weighted by Crippen LogP contribution is 2.38. The zero-order chi connectivity index (χ0) is 26.8. The maximum absolute atomic E-state index is 13.0. The first-order valence-electron chi connectivity index (χ1n) is 10.6. The van der Waals surface area contributed by atoms with Crippen molar-refractivity contribution in [2.75, 3.05) is 38.7 Å². The number of nitrogens with one attached hydrogen (secondary N) is 2. The van der Waals surface area contributed by atoms with Gasteiger partial charge in [0.1, 0.15) is 6.04 Å². The highest BCUT2D eigenvalue weighted by Gasteiger charge is 2.28. The van der Waals surface area contributed by atoms with E-state index in [0.29, 0.717) is 16.5 Å². The van der Waals surface area contributed by atoms with Crippen LogP contribution in [0.5, 0.6) is 17.2 Å². The van der Waals surface area contributed by atoms with Gasteiger partial charge in [-0.1, -0.05) is 23.2 Å². The minimum absolute atomic E-state index is 0.0728. The molecule has 1 aromatic carbocycles. The quantitative estimate of drug-likeness (QED) is 0.373. The topological polar surface area (TPSA) is 125 Å². The van der Waals surface area contributed by atoms with Gasteiger partial charge in [0, 0.05) is 11.8 Å². The summed E-state index contributed by atoms with van der Waals surface area (Å²) < 4.78 is 21.2. The lowest BCUT2D eigenvalue weighted by Gasteiger charge is -2.21. The Hall–Kier alpha value is -2.89. The summed E-state index contributed by atoms with van der Waals surface area (Å²) in [6.07, 6.45) is 2.26. The molecule has 2 rings (SSSR count). The largest absolute Gasteiger partial charge is 0.493 e. The average molecular weight is 560 g/mol. The molecule has 2 N–H and O–H groups in total. The number of ether oxygens (including phenoxy) is 4. The van der Waals surface area contributed by atoms with Crippen LogP contribution in [-0.2, 0) is 14.3 Å². The molecule has 2 amide bonds. The molecule has 2 unspecified atom stereocenters. The van der Waals surface area contributed by atoms with Crippen LogP contribution in [0.4, 0.5) is 5.82 Å². The number of rotatable bonds is 12. The molecule has 0 saturated heterocycles. The molecule has 196 valence electrons. The second-order valence-electron chi connectivity index (χ2n) is 7.27. The number of esters is 1. The van der Waals surface area contributed by atoms with Gasteiger partial charge in [0.2, 0.25) is 5.75 Å². The fourth-order valence-electron chi connectivity index (χ4n) is 2.97. The van der Waals surface area contributed by atoms with Crippen LogP contribution in [0.2, 0.25) is 10.0 Å². The molecule has 0 saturated carbocycles. The number of carbonyl (C=O) groups is 3. The molecule has 0 fully saturated rings. The Kier molecular flexibility index (Phi) is 11.4. The van der Waals surface area contributed by atoms with Crippen molar-refractivity contribution in [3.8, 4) is 17.2 Å². The van der Waals surface area contributed by atoms with E-state index >= 15 is 0 Å². The van der Waals surface area contributed by atoms with Gasteiger partial charge in [-0.3, -0.25) is 9.59 Å². The summed E-state index contributed by atoms with van der Waals surface area (Å²) in [5.41, 5.74) is 0.181. The SMILES string of the molecule is COc1cc(C(=O)NC(CCSC)C(=O)OC(C)C(=O)Nc2ncc(Cl)cc2Cl)cc(OC)c1OC. The molecular weight excluding hydrogens is 533 g/mol. The van der Waals surface area contributed by atoms with E-state index in [0.717, 1.165) is 0 Å². The van der Waals surface area contributed by atoms with E-state index in [2.05, 4.69) is 15.6 Å². The van der Waals surface area contributed by atoms with E-state index in [1.807, 2.05) is 6.26 Å². The van der Waals surface area contributed by atoms with Gasteiger partial charge in [-0.05, 0) is 43.6 Å². The molecule has 10 nitrogen and oxygen atoms in total. The predicted molar refractivity (Wildman–Crippen MR) is 139 cm³/mol. The van der Waals surface area contributed by atoms with E-state index in [1.54, 1.807) is 0 Å². The predicted octanol–water partition coefficient (Wildman–Crippen LogP) is 3.84. The number of benzene rings is 1. The van der Waals surface area contributed by atoms with E-state index in [9.17, 15) is 14.4 Å². The third-order valence-corrected chi connectivity index (χ3v) is 5.98. The van der Waals surface area contributed by atoms with Gasteiger partial charge in [-0.25, -0.2) is 9.78 Å². The van der Waals surface area contributed by atoms with Crippen LogP contribution in [-0.4, -0.2) is 68.3 Å². The first-order chi connectivity index (χ1) is 17.1. The Balaban J connectivity index is 2.14. The smallest absolute Gasteiger partial charge is 0.329 e. The molecule has 0 aliphatic rings. The fourth-order valence-corrected chi connectivity index (χ4v) is 3.87. The maximum atomic E-state index is 13.0. The van der Waals surface area contributed by atoms with Crippen molar-refractivity contribution in [2.45, 2.75) is 25.5 Å². The zero-order valence-corrected chi connectivity index (χ0v) is 22.7. The number of thioether (sulfide) groups is 1. The van der Waals surface area contributed by atoms with Crippen molar-refractivity contribution < 1.29 is 33.3 Å². The average Bonchev–Trinajstić information content (AvgIpc) is 2.86. The van der Waals surface area contributed by atoms with E-state index in [-0.39, 0.29) is 34.3 Å². The van der Waals surface area contributed by atoms with Crippen LogP contribution in [0.1, 0.15) is 23.7 Å². The molecule has 2 aromatic rings. The molecule has 0 bridgehead atoms. The summed E-state index contributed by atoms with van der Waals surface area (Å²) in [7, 11) is 4.30. The van der Waals surface area contributed by atoms with Crippen LogP contribution in [0.15, 0.2) is 24.4 Å². The van der Waals surface area contributed by atoms with E-state index in [1.165, 1.54) is 64.4 Å². The molecule has 2 atom stereocenters. The van der Waals surface area contributed by atoms with Gasteiger partial charge < -0.3 is 29.6 Å². The van der Waals surface area contributed by atoms with Crippen molar-refractivity contribution in [1.82, 2.24) is 10.3 Å². The van der Waals surface area contributed by atoms with Gasteiger partial charge in [0.25, 0.3) is 11.8 Å². The zero-order valence-electron chi connectivity index (χ0n) is 20.3. The van der Waals surface area contributed by atoms with Crippen LogP contribution in [0, 0.1) is 0 Å². The van der Waals surface area contributed by atoms with Gasteiger partial charge >= 0.3 is 5.97 Å². The van der Waals surface area contributed by atoms with Gasteiger partial charge in [-0.2, -0.15) is 11.8 Å². The van der Waals surface area contributed by atoms with Crippen molar-refractivity contribution >= 4 is 58.6 Å². The third kappa shape index (κ3) is 7.81. The van der Waals surface area contributed by atoms with Crippen molar-refractivity contribution in [1.29, 1.82) is 0 Å².